The molecule has 0 radical (unpaired) electrons. The van der Waals surface area contributed by atoms with E-state index < -0.39 is 5.97 Å². The van der Waals surface area contributed by atoms with E-state index in [9.17, 15) is 14.4 Å². The monoisotopic (exact) mass is 324 g/mol. The topological polar surface area (TPSA) is 86.7 Å². The lowest BCUT2D eigenvalue weighted by Crippen LogP contribution is -2.34. The number of thioether (sulfide) groups is 1. The van der Waals surface area contributed by atoms with Gasteiger partial charge in [0.2, 0.25) is 11.8 Å². The maximum absolute atomic E-state index is 12.1. The van der Waals surface area contributed by atoms with Gasteiger partial charge in [-0.25, -0.2) is 0 Å². The van der Waals surface area contributed by atoms with Gasteiger partial charge in [-0.1, -0.05) is 0 Å². The molecule has 0 aliphatic heterocycles. The number of benzene rings is 1. The minimum Gasteiger partial charge on any atom is -0.481 e. The van der Waals surface area contributed by atoms with Crippen molar-refractivity contribution in [2.75, 3.05) is 18.9 Å². The standard InChI is InChI=1S/C15H20N2O4S/c1-10(15(21)17(3)9-8-14(19)20)22-13-6-4-12(5-7-13)16-11(2)18/h4-7,10H,8-9H2,1-3H3,(H,16,18)(H,19,20). The third-order valence-electron chi connectivity index (χ3n) is 2.87. The van der Waals surface area contributed by atoms with Crippen LogP contribution in [0.5, 0.6) is 0 Å². The molecule has 2 N–H and O–H groups in total. The molecule has 1 aromatic rings. The van der Waals surface area contributed by atoms with Gasteiger partial charge < -0.3 is 15.3 Å². The zero-order valence-corrected chi connectivity index (χ0v) is 13.6. The number of nitrogens with one attached hydrogen (secondary N) is 1. The summed E-state index contributed by atoms with van der Waals surface area (Å²) in [4.78, 5) is 35.9. The van der Waals surface area contributed by atoms with Gasteiger partial charge in [-0.15, -0.1) is 11.8 Å². The molecule has 1 atom stereocenters. The Morgan fingerprint density at radius 1 is 1.27 bits per heavy atom. The van der Waals surface area contributed by atoms with E-state index in [1.165, 1.54) is 23.6 Å². The highest BCUT2D eigenvalue weighted by Crippen LogP contribution is 2.25. The van der Waals surface area contributed by atoms with Crippen LogP contribution in [-0.2, 0) is 14.4 Å². The molecule has 2 amide bonds. The summed E-state index contributed by atoms with van der Waals surface area (Å²) in [6, 6.07) is 7.21. The van der Waals surface area contributed by atoms with E-state index in [0.29, 0.717) is 5.69 Å². The van der Waals surface area contributed by atoms with Crippen LogP contribution in [0.25, 0.3) is 0 Å². The SMILES string of the molecule is CC(=O)Nc1ccc(SC(C)C(=O)N(C)CCC(=O)O)cc1. The minimum absolute atomic E-state index is 0.0644. The summed E-state index contributed by atoms with van der Waals surface area (Å²) in [7, 11) is 1.60. The molecule has 0 aliphatic rings. The average Bonchev–Trinajstić information content (AvgIpc) is 2.45. The van der Waals surface area contributed by atoms with Crippen molar-refractivity contribution in [3.63, 3.8) is 0 Å². The lowest BCUT2D eigenvalue weighted by atomic mass is 10.3. The van der Waals surface area contributed by atoms with Crippen molar-refractivity contribution in [2.45, 2.75) is 30.4 Å². The van der Waals surface area contributed by atoms with Crippen molar-refractivity contribution >= 4 is 35.2 Å². The van der Waals surface area contributed by atoms with Crippen LogP contribution < -0.4 is 5.32 Å². The number of carbonyl (C=O) groups excluding carboxylic acids is 2. The molecule has 7 heteroatoms. The summed E-state index contributed by atoms with van der Waals surface area (Å²) in [5.74, 6) is -1.17. The maximum Gasteiger partial charge on any atom is 0.305 e. The minimum atomic E-state index is -0.923. The first kappa shape index (κ1) is 18.0. The molecule has 6 nitrogen and oxygen atoms in total. The summed E-state index contributed by atoms with van der Waals surface area (Å²) in [5.41, 5.74) is 0.703. The Labute approximate surface area is 133 Å². The summed E-state index contributed by atoms with van der Waals surface area (Å²) >= 11 is 1.39. The van der Waals surface area contributed by atoms with Gasteiger partial charge in [0.05, 0.1) is 11.7 Å². The van der Waals surface area contributed by atoms with Gasteiger partial charge in [0.15, 0.2) is 0 Å². The van der Waals surface area contributed by atoms with Gasteiger partial charge in [0.1, 0.15) is 0 Å². The molecule has 0 aromatic heterocycles. The Kier molecular flexibility index (Phi) is 6.91. The second kappa shape index (κ2) is 8.43. The lowest BCUT2D eigenvalue weighted by Gasteiger charge is -2.20. The molecule has 1 unspecified atom stereocenters. The summed E-state index contributed by atoms with van der Waals surface area (Å²) < 4.78 is 0. The quantitative estimate of drug-likeness (QED) is 0.750. The molecule has 0 bridgehead atoms. The molecule has 0 spiro atoms. The maximum atomic E-state index is 12.1. The summed E-state index contributed by atoms with van der Waals surface area (Å²) in [6.45, 7) is 3.42. The number of anilines is 1. The molecule has 0 fully saturated rings. The van der Waals surface area contributed by atoms with Crippen LogP contribution in [0.3, 0.4) is 0 Å². The Hall–Kier alpha value is -2.02. The normalized spacial score (nSPS) is 11.6. The van der Waals surface area contributed by atoms with Gasteiger partial charge >= 0.3 is 5.97 Å². The Morgan fingerprint density at radius 3 is 2.36 bits per heavy atom. The third kappa shape index (κ3) is 6.17. The first-order valence-electron chi connectivity index (χ1n) is 6.80. The smallest absolute Gasteiger partial charge is 0.305 e. The van der Waals surface area contributed by atoms with Gasteiger partial charge in [-0.3, -0.25) is 14.4 Å². The predicted molar refractivity (Wildman–Crippen MR) is 86.0 cm³/mol. The Bertz CT molecular complexity index is 545. The van der Waals surface area contributed by atoms with Crippen molar-refractivity contribution in [1.82, 2.24) is 4.90 Å². The first-order chi connectivity index (χ1) is 10.3. The van der Waals surface area contributed by atoms with Crippen LogP contribution in [-0.4, -0.2) is 46.6 Å². The predicted octanol–water partition coefficient (Wildman–Crippen LogP) is 2.06. The first-order valence-corrected chi connectivity index (χ1v) is 7.68. The Balaban J connectivity index is 2.56. The van der Waals surface area contributed by atoms with Crippen molar-refractivity contribution < 1.29 is 19.5 Å². The fraction of sp³-hybridized carbons (Fsp3) is 0.400. The molecule has 120 valence electrons. The van der Waals surface area contributed by atoms with E-state index in [4.69, 9.17) is 5.11 Å². The van der Waals surface area contributed by atoms with E-state index in [-0.39, 0.29) is 30.0 Å². The fourth-order valence-electron chi connectivity index (χ4n) is 1.76. The molecule has 0 aliphatic carbocycles. The average molecular weight is 324 g/mol. The highest BCUT2D eigenvalue weighted by atomic mass is 32.2. The van der Waals surface area contributed by atoms with Crippen LogP contribution in [0, 0.1) is 0 Å². The highest BCUT2D eigenvalue weighted by molar-refractivity contribution is 8.00. The largest absolute Gasteiger partial charge is 0.481 e. The van der Waals surface area contributed by atoms with Crippen LogP contribution in [0.2, 0.25) is 0 Å². The third-order valence-corrected chi connectivity index (χ3v) is 3.97. The second-order valence-electron chi connectivity index (χ2n) is 4.87. The van der Waals surface area contributed by atoms with Gasteiger partial charge in [-0.05, 0) is 31.2 Å². The molecule has 22 heavy (non-hydrogen) atoms. The van der Waals surface area contributed by atoms with E-state index >= 15 is 0 Å². The number of nitrogens with zero attached hydrogens (tertiary/aromatic N) is 1. The van der Waals surface area contributed by atoms with Crippen LogP contribution in [0.15, 0.2) is 29.2 Å². The lowest BCUT2D eigenvalue weighted by molar-refractivity contribution is -0.138. The van der Waals surface area contributed by atoms with Crippen LogP contribution in [0.4, 0.5) is 5.69 Å². The van der Waals surface area contributed by atoms with Crippen LogP contribution in [0.1, 0.15) is 20.3 Å². The molecular weight excluding hydrogens is 304 g/mol. The van der Waals surface area contributed by atoms with Crippen molar-refractivity contribution in [3.05, 3.63) is 24.3 Å². The van der Waals surface area contributed by atoms with E-state index in [2.05, 4.69) is 5.32 Å². The molecule has 1 rings (SSSR count). The van der Waals surface area contributed by atoms with E-state index in [1.54, 1.807) is 26.1 Å². The number of carboxylic acid groups (broad SMARTS) is 1. The number of rotatable bonds is 7. The van der Waals surface area contributed by atoms with Gasteiger partial charge in [0, 0.05) is 31.1 Å². The number of aliphatic carboxylic acids is 1. The number of amides is 2. The zero-order chi connectivity index (χ0) is 16.7. The number of hydrogen-bond donors (Lipinski definition) is 2. The van der Waals surface area contributed by atoms with E-state index in [1.807, 2.05) is 12.1 Å². The zero-order valence-electron chi connectivity index (χ0n) is 12.8. The molecular formula is C15H20N2O4S. The Morgan fingerprint density at radius 2 is 1.86 bits per heavy atom. The fourth-order valence-corrected chi connectivity index (χ4v) is 2.74. The number of carbonyl (C=O) groups is 3. The molecule has 0 saturated heterocycles. The highest BCUT2D eigenvalue weighted by Gasteiger charge is 2.19. The van der Waals surface area contributed by atoms with Gasteiger partial charge in [-0.2, -0.15) is 0 Å². The molecule has 1 aromatic carbocycles. The van der Waals surface area contributed by atoms with Crippen molar-refractivity contribution in [3.8, 4) is 0 Å². The number of hydrogen-bond acceptors (Lipinski definition) is 4. The van der Waals surface area contributed by atoms with Crippen molar-refractivity contribution in [1.29, 1.82) is 0 Å². The molecule has 0 heterocycles. The van der Waals surface area contributed by atoms with Gasteiger partial charge in [0.25, 0.3) is 0 Å². The van der Waals surface area contributed by atoms with E-state index in [0.717, 1.165) is 4.90 Å². The number of carboxylic acids is 1. The summed E-state index contributed by atoms with van der Waals surface area (Å²) in [6.07, 6.45) is -0.0644. The summed E-state index contributed by atoms with van der Waals surface area (Å²) in [5, 5.41) is 11.0. The van der Waals surface area contributed by atoms with Crippen LogP contribution >= 0.6 is 11.8 Å². The second-order valence-corrected chi connectivity index (χ2v) is 6.28. The molecule has 0 saturated carbocycles. The van der Waals surface area contributed by atoms with Crippen molar-refractivity contribution in [2.24, 2.45) is 0 Å².